The molecule has 0 radical (unpaired) electrons. The Hall–Kier alpha value is -2.08. The van der Waals surface area contributed by atoms with Crippen molar-refractivity contribution in [3.05, 3.63) is 52.5 Å². The van der Waals surface area contributed by atoms with Gasteiger partial charge in [-0.15, -0.1) is 0 Å². The maximum atomic E-state index is 6.05. The highest BCUT2D eigenvalue weighted by molar-refractivity contribution is 6.42. The van der Waals surface area contributed by atoms with Crippen LogP contribution in [0, 0.1) is 0 Å². The van der Waals surface area contributed by atoms with Crippen LogP contribution in [-0.4, -0.2) is 30.2 Å². The highest BCUT2D eigenvalue weighted by Crippen LogP contribution is 2.28. The summed E-state index contributed by atoms with van der Waals surface area (Å²) in [6, 6.07) is 13.1. The van der Waals surface area contributed by atoms with Crippen LogP contribution in [0.3, 0.4) is 0 Å². The number of aromatic nitrogens is 2. The molecule has 0 aliphatic carbocycles. The zero-order valence-electron chi connectivity index (χ0n) is 13.0. The van der Waals surface area contributed by atoms with Crippen LogP contribution in [0.4, 0.5) is 17.5 Å². The summed E-state index contributed by atoms with van der Waals surface area (Å²) < 4.78 is 5.08. The van der Waals surface area contributed by atoms with Gasteiger partial charge in [0.15, 0.2) is 0 Å². The Bertz CT molecular complexity index is 857. The van der Waals surface area contributed by atoms with E-state index in [0.717, 1.165) is 22.4 Å². The van der Waals surface area contributed by atoms with Gasteiger partial charge in [-0.1, -0.05) is 35.3 Å². The monoisotopic (exact) mass is 362 g/mol. The molecule has 3 aromatic rings. The molecule has 0 spiro atoms. The molecule has 0 fully saturated rings. The average Bonchev–Trinajstić information content (AvgIpc) is 2.58. The number of fused-ring (bicyclic) bond motifs is 1. The van der Waals surface area contributed by atoms with Gasteiger partial charge in [-0.2, -0.15) is 4.98 Å². The molecule has 0 saturated carbocycles. The zero-order valence-corrected chi connectivity index (χ0v) is 14.5. The number of rotatable bonds is 6. The molecule has 1 heterocycles. The van der Waals surface area contributed by atoms with Gasteiger partial charge in [0.05, 0.1) is 22.2 Å². The quantitative estimate of drug-likeness (QED) is 0.620. The average molecular weight is 363 g/mol. The molecule has 0 unspecified atom stereocenters. The summed E-state index contributed by atoms with van der Waals surface area (Å²) in [6.45, 7) is 1.25. The first-order valence-electron chi connectivity index (χ1n) is 7.39. The summed E-state index contributed by atoms with van der Waals surface area (Å²) in [4.78, 5) is 9.10. The van der Waals surface area contributed by atoms with Crippen molar-refractivity contribution in [1.82, 2.24) is 9.97 Å². The Morgan fingerprint density at radius 1 is 1.04 bits per heavy atom. The topological polar surface area (TPSA) is 59.1 Å². The van der Waals surface area contributed by atoms with Crippen molar-refractivity contribution in [3.8, 4) is 0 Å². The van der Waals surface area contributed by atoms with Gasteiger partial charge in [0.2, 0.25) is 5.95 Å². The van der Waals surface area contributed by atoms with Gasteiger partial charge >= 0.3 is 0 Å². The van der Waals surface area contributed by atoms with Crippen molar-refractivity contribution in [2.45, 2.75) is 0 Å². The van der Waals surface area contributed by atoms with E-state index in [1.54, 1.807) is 19.2 Å². The Morgan fingerprint density at radius 2 is 1.88 bits per heavy atom. The lowest BCUT2D eigenvalue weighted by Gasteiger charge is -2.12. The third-order valence-electron chi connectivity index (χ3n) is 3.38. The summed E-state index contributed by atoms with van der Waals surface area (Å²) in [5.74, 6) is 1.23. The molecule has 5 nitrogen and oxygen atoms in total. The minimum atomic E-state index is 0.473. The second kappa shape index (κ2) is 7.66. The molecule has 0 aliphatic rings. The van der Waals surface area contributed by atoms with E-state index in [9.17, 15) is 0 Å². The first-order valence-corrected chi connectivity index (χ1v) is 8.14. The highest BCUT2D eigenvalue weighted by Gasteiger charge is 2.08. The lowest BCUT2D eigenvalue weighted by atomic mass is 10.2. The van der Waals surface area contributed by atoms with E-state index in [1.807, 2.05) is 30.3 Å². The number of nitrogens with one attached hydrogen (secondary N) is 2. The molecule has 0 bridgehead atoms. The predicted molar refractivity (Wildman–Crippen MR) is 99.6 cm³/mol. The fourth-order valence-corrected chi connectivity index (χ4v) is 2.54. The number of nitrogens with zero attached hydrogens (tertiary/aromatic N) is 2. The molecule has 7 heteroatoms. The van der Waals surface area contributed by atoms with E-state index in [-0.39, 0.29) is 0 Å². The SMILES string of the molecule is COCCNc1nc(Nc2ccc(Cl)c(Cl)c2)nc2ccccc12. The van der Waals surface area contributed by atoms with Crippen LogP contribution in [0.25, 0.3) is 10.9 Å². The van der Waals surface area contributed by atoms with Crippen LogP contribution < -0.4 is 10.6 Å². The molecule has 3 rings (SSSR count). The largest absolute Gasteiger partial charge is 0.383 e. The Morgan fingerprint density at radius 3 is 2.67 bits per heavy atom. The number of hydrogen-bond acceptors (Lipinski definition) is 5. The van der Waals surface area contributed by atoms with Crippen molar-refractivity contribution < 1.29 is 4.74 Å². The maximum absolute atomic E-state index is 6.05. The normalized spacial score (nSPS) is 10.8. The van der Waals surface area contributed by atoms with Gasteiger partial charge in [0, 0.05) is 24.7 Å². The van der Waals surface area contributed by atoms with Crippen molar-refractivity contribution in [2.75, 3.05) is 30.9 Å². The van der Waals surface area contributed by atoms with Crippen LogP contribution in [0.5, 0.6) is 0 Å². The molecule has 0 atom stereocenters. The summed E-state index contributed by atoms with van der Waals surface area (Å²) >= 11 is 12.0. The van der Waals surface area contributed by atoms with E-state index in [0.29, 0.717) is 29.1 Å². The van der Waals surface area contributed by atoms with E-state index >= 15 is 0 Å². The van der Waals surface area contributed by atoms with E-state index in [4.69, 9.17) is 27.9 Å². The van der Waals surface area contributed by atoms with Gasteiger partial charge in [0.1, 0.15) is 5.82 Å². The Kier molecular flexibility index (Phi) is 5.35. The number of halogens is 2. The number of hydrogen-bond donors (Lipinski definition) is 2. The van der Waals surface area contributed by atoms with Crippen LogP contribution in [0.1, 0.15) is 0 Å². The second-order valence-corrected chi connectivity index (χ2v) is 5.90. The first-order chi connectivity index (χ1) is 11.7. The van der Waals surface area contributed by atoms with Crippen molar-refractivity contribution in [2.24, 2.45) is 0 Å². The number of anilines is 3. The van der Waals surface area contributed by atoms with Gasteiger partial charge in [-0.05, 0) is 30.3 Å². The molecular formula is C17H16Cl2N4O. The number of ether oxygens (including phenoxy) is 1. The number of para-hydroxylation sites is 1. The standard InChI is InChI=1S/C17H16Cl2N4O/c1-24-9-8-20-16-12-4-2-3-5-15(12)22-17(23-16)21-11-6-7-13(18)14(19)10-11/h2-7,10H,8-9H2,1H3,(H2,20,21,22,23). The van der Waals surface area contributed by atoms with Crippen LogP contribution in [0.2, 0.25) is 10.0 Å². The van der Waals surface area contributed by atoms with Gasteiger partial charge in [0.25, 0.3) is 0 Å². The fraction of sp³-hybridized carbons (Fsp3) is 0.176. The highest BCUT2D eigenvalue weighted by atomic mass is 35.5. The summed E-state index contributed by atoms with van der Waals surface area (Å²) in [5.41, 5.74) is 1.61. The first kappa shape index (κ1) is 16.8. The molecule has 2 N–H and O–H groups in total. The van der Waals surface area contributed by atoms with Crippen LogP contribution >= 0.6 is 23.2 Å². The number of methoxy groups -OCH3 is 1. The van der Waals surface area contributed by atoms with E-state index in [1.165, 1.54) is 0 Å². The lowest BCUT2D eigenvalue weighted by molar-refractivity contribution is 0.210. The minimum Gasteiger partial charge on any atom is -0.383 e. The lowest BCUT2D eigenvalue weighted by Crippen LogP contribution is -2.10. The van der Waals surface area contributed by atoms with Crippen LogP contribution in [0.15, 0.2) is 42.5 Å². The molecule has 0 aliphatic heterocycles. The van der Waals surface area contributed by atoms with Crippen molar-refractivity contribution in [1.29, 1.82) is 0 Å². The summed E-state index contributed by atoms with van der Waals surface area (Å²) in [6.07, 6.45) is 0. The smallest absolute Gasteiger partial charge is 0.229 e. The fourth-order valence-electron chi connectivity index (χ4n) is 2.24. The predicted octanol–water partition coefficient (Wildman–Crippen LogP) is 4.74. The van der Waals surface area contributed by atoms with E-state index < -0.39 is 0 Å². The molecule has 1 aromatic heterocycles. The van der Waals surface area contributed by atoms with Gasteiger partial charge in [-0.3, -0.25) is 0 Å². The van der Waals surface area contributed by atoms with E-state index in [2.05, 4.69) is 20.6 Å². The number of benzene rings is 2. The molecule has 2 aromatic carbocycles. The Balaban J connectivity index is 1.93. The van der Waals surface area contributed by atoms with Crippen molar-refractivity contribution in [3.63, 3.8) is 0 Å². The third-order valence-corrected chi connectivity index (χ3v) is 4.12. The third kappa shape index (κ3) is 3.87. The summed E-state index contributed by atoms with van der Waals surface area (Å²) in [5, 5.41) is 8.36. The van der Waals surface area contributed by atoms with Crippen molar-refractivity contribution >= 4 is 51.6 Å². The molecule has 24 heavy (non-hydrogen) atoms. The Labute approximate surface area is 150 Å². The molecular weight excluding hydrogens is 347 g/mol. The maximum Gasteiger partial charge on any atom is 0.229 e. The molecule has 124 valence electrons. The zero-order chi connectivity index (χ0) is 16.9. The summed E-state index contributed by atoms with van der Waals surface area (Å²) in [7, 11) is 1.66. The van der Waals surface area contributed by atoms with Gasteiger partial charge in [-0.25, -0.2) is 4.98 Å². The second-order valence-electron chi connectivity index (χ2n) is 5.09. The molecule has 0 amide bonds. The van der Waals surface area contributed by atoms with Gasteiger partial charge < -0.3 is 15.4 Å². The minimum absolute atomic E-state index is 0.473. The van der Waals surface area contributed by atoms with Crippen LogP contribution in [-0.2, 0) is 4.74 Å². The molecule has 0 saturated heterocycles.